The molecular formula is C19H27NO2. The summed E-state index contributed by atoms with van der Waals surface area (Å²) in [7, 11) is 1.99. The largest absolute Gasteiger partial charge is 0.508 e. The first kappa shape index (κ1) is 14.5. The fourth-order valence-corrected chi connectivity index (χ4v) is 6.10. The van der Waals surface area contributed by atoms with E-state index in [0.29, 0.717) is 23.5 Å². The topological polar surface area (TPSA) is 52.5 Å². The van der Waals surface area contributed by atoms with Gasteiger partial charge in [0.25, 0.3) is 0 Å². The molecule has 6 atom stereocenters. The van der Waals surface area contributed by atoms with Crippen molar-refractivity contribution in [2.24, 2.45) is 17.3 Å². The average molecular weight is 301 g/mol. The van der Waals surface area contributed by atoms with Crippen molar-refractivity contribution in [2.75, 3.05) is 7.05 Å². The van der Waals surface area contributed by atoms with Crippen molar-refractivity contribution in [1.82, 2.24) is 5.32 Å². The van der Waals surface area contributed by atoms with E-state index in [1.807, 2.05) is 19.2 Å². The van der Waals surface area contributed by atoms with Gasteiger partial charge < -0.3 is 15.5 Å². The third-order valence-corrected chi connectivity index (χ3v) is 7.05. The first-order valence-corrected chi connectivity index (χ1v) is 8.71. The smallest absolute Gasteiger partial charge is 0.115 e. The van der Waals surface area contributed by atoms with Gasteiger partial charge in [0.1, 0.15) is 5.75 Å². The zero-order valence-corrected chi connectivity index (χ0v) is 13.5. The van der Waals surface area contributed by atoms with Crippen molar-refractivity contribution < 1.29 is 10.2 Å². The number of likely N-dealkylation sites (N-methyl/N-ethyl adjacent to an activating group) is 1. The van der Waals surface area contributed by atoms with Crippen molar-refractivity contribution >= 4 is 0 Å². The maximum Gasteiger partial charge on any atom is 0.115 e. The number of nitrogens with one attached hydrogen (secondary N) is 1. The molecular weight excluding hydrogens is 274 g/mol. The van der Waals surface area contributed by atoms with Crippen LogP contribution in [0.15, 0.2) is 18.2 Å². The van der Waals surface area contributed by atoms with Gasteiger partial charge in [-0.2, -0.15) is 0 Å². The normalized spacial score (nSPS) is 43.3. The summed E-state index contributed by atoms with van der Waals surface area (Å²) >= 11 is 0. The Morgan fingerprint density at radius 2 is 2.09 bits per heavy atom. The molecule has 0 bridgehead atoms. The minimum Gasteiger partial charge on any atom is -0.508 e. The quantitative estimate of drug-likeness (QED) is 0.747. The minimum absolute atomic E-state index is 0.208. The molecule has 0 aliphatic heterocycles. The van der Waals surface area contributed by atoms with E-state index in [1.165, 1.54) is 30.4 Å². The first-order chi connectivity index (χ1) is 10.5. The Morgan fingerprint density at radius 1 is 1.27 bits per heavy atom. The van der Waals surface area contributed by atoms with Crippen LogP contribution in [0.5, 0.6) is 5.75 Å². The van der Waals surface area contributed by atoms with Gasteiger partial charge in [0.2, 0.25) is 0 Å². The summed E-state index contributed by atoms with van der Waals surface area (Å²) in [5.41, 5.74) is 3.02. The van der Waals surface area contributed by atoms with Crippen molar-refractivity contribution in [2.45, 2.75) is 57.1 Å². The number of phenols is 1. The molecule has 22 heavy (non-hydrogen) atoms. The Bertz CT molecular complexity index is 587. The highest BCUT2D eigenvalue weighted by molar-refractivity contribution is 5.40. The number of aliphatic hydroxyl groups excluding tert-OH is 1. The highest BCUT2D eigenvalue weighted by atomic mass is 16.3. The van der Waals surface area contributed by atoms with E-state index < -0.39 is 0 Å². The fourth-order valence-electron chi connectivity index (χ4n) is 6.10. The molecule has 4 rings (SSSR count). The Hall–Kier alpha value is -1.06. The van der Waals surface area contributed by atoms with Gasteiger partial charge in [-0.1, -0.05) is 13.0 Å². The number of hydrogen-bond donors (Lipinski definition) is 3. The number of rotatable bonds is 1. The lowest BCUT2D eigenvalue weighted by molar-refractivity contribution is 0.0382. The molecule has 120 valence electrons. The number of fused-ring (bicyclic) bond motifs is 5. The molecule has 3 aliphatic rings. The second kappa shape index (κ2) is 4.97. The van der Waals surface area contributed by atoms with Crippen LogP contribution in [0, 0.1) is 17.3 Å². The standard InChI is InChI=1S/C19H27NO2/c1-19-8-7-14-13-6-4-12(21)9-11(13)3-5-15(14)16(19)10-17(22)18(19)20-2/h4,6,9,14-18,20-22H,3,5,7-8,10H2,1-2H3/t14-,15-,16+,17+,18+,19+/m1/s1. The van der Waals surface area contributed by atoms with Crippen molar-refractivity contribution in [3.05, 3.63) is 29.3 Å². The lowest BCUT2D eigenvalue weighted by Crippen LogP contribution is -2.49. The summed E-state index contributed by atoms with van der Waals surface area (Å²) < 4.78 is 0. The van der Waals surface area contributed by atoms with Gasteiger partial charge in [-0.25, -0.2) is 0 Å². The maximum atomic E-state index is 10.5. The number of phenolic OH excluding ortho intramolecular Hbond substituents is 1. The van der Waals surface area contributed by atoms with Gasteiger partial charge >= 0.3 is 0 Å². The van der Waals surface area contributed by atoms with E-state index in [-0.39, 0.29) is 17.6 Å². The Kier molecular flexibility index (Phi) is 3.28. The third kappa shape index (κ3) is 1.88. The molecule has 3 heteroatoms. The van der Waals surface area contributed by atoms with Crippen LogP contribution < -0.4 is 5.32 Å². The Labute approximate surface area is 132 Å². The molecule has 0 aromatic heterocycles. The van der Waals surface area contributed by atoms with Crippen LogP contribution >= 0.6 is 0 Å². The number of benzene rings is 1. The van der Waals surface area contributed by atoms with E-state index in [4.69, 9.17) is 0 Å². The molecule has 0 unspecified atom stereocenters. The molecule has 0 saturated heterocycles. The molecule has 2 saturated carbocycles. The highest BCUT2D eigenvalue weighted by Crippen LogP contribution is 2.60. The summed E-state index contributed by atoms with van der Waals surface area (Å²) in [6.45, 7) is 2.39. The van der Waals surface area contributed by atoms with Crippen LogP contribution in [0.1, 0.15) is 49.7 Å². The molecule has 0 heterocycles. The molecule has 0 radical (unpaired) electrons. The summed E-state index contributed by atoms with van der Waals surface area (Å²) in [6, 6.07) is 6.18. The van der Waals surface area contributed by atoms with Crippen molar-refractivity contribution in [3.8, 4) is 5.75 Å². The zero-order chi connectivity index (χ0) is 15.5. The van der Waals surface area contributed by atoms with Crippen LogP contribution in [-0.2, 0) is 6.42 Å². The summed E-state index contributed by atoms with van der Waals surface area (Å²) in [5, 5.41) is 23.6. The summed E-state index contributed by atoms with van der Waals surface area (Å²) in [6.07, 6.45) is 5.39. The molecule has 0 amide bonds. The summed E-state index contributed by atoms with van der Waals surface area (Å²) in [5.74, 6) is 2.30. The predicted octanol–water partition coefficient (Wildman–Crippen LogP) is 2.81. The second-order valence-corrected chi connectivity index (χ2v) is 7.91. The van der Waals surface area contributed by atoms with Gasteiger partial charge in [-0.15, -0.1) is 0 Å². The molecule has 3 N–H and O–H groups in total. The average Bonchev–Trinajstić information content (AvgIpc) is 2.76. The molecule has 0 spiro atoms. The molecule has 3 nitrogen and oxygen atoms in total. The van der Waals surface area contributed by atoms with E-state index in [1.54, 1.807) is 0 Å². The first-order valence-electron chi connectivity index (χ1n) is 8.71. The number of aryl methyl sites for hydroxylation is 1. The van der Waals surface area contributed by atoms with Gasteiger partial charge in [0.15, 0.2) is 0 Å². The number of aliphatic hydroxyl groups is 1. The van der Waals surface area contributed by atoms with E-state index in [2.05, 4.69) is 18.3 Å². The van der Waals surface area contributed by atoms with Crippen LogP contribution in [0.3, 0.4) is 0 Å². The van der Waals surface area contributed by atoms with Crippen LogP contribution in [0.2, 0.25) is 0 Å². The predicted molar refractivity (Wildman–Crippen MR) is 87.0 cm³/mol. The van der Waals surface area contributed by atoms with E-state index >= 15 is 0 Å². The van der Waals surface area contributed by atoms with E-state index in [0.717, 1.165) is 12.8 Å². The van der Waals surface area contributed by atoms with Gasteiger partial charge in [-0.3, -0.25) is 0 Å². The maximum absolute atomic E-state index is 10.5. The van der Waals surface area contributed by atoms with Crippen LogP contribution in [0.4, 0.5) is 0 Å². The lowest BCUT2D eigenvalue weighted by atomic mass is 9.55. The second-order valence-electron chi connectivity index (χ2n) is 7.91. The molecule has 1 aromatic rings. The van der Waals surface area contributed by atoms with Crippen molar-refractivity contribution in [3.63, 3.8) is 0 Å². The number of hydrogen-bond acceptors (Lipinski definition) is 3. The van der Waals surface area contributed by atoms with Crippen LogP contribution in [0.25, 0.3) is 0 Å². The fraction of sp³-hybridized carbons (Fsp3) is 0.684. The van der Waals surface area contributed by atoms with Gasteiger partial charge in [0, 0.05) is 6.04 Å². The van der Waals surface area contributed by atoms with E-state index in [9.17, 15) is 10.2 Å². The molecule has 2 fully saturated rings. The minimum atomic E-state index is -0.208. The monoisotopic (exact) mass is 301 g/mol. The number of aromatic hydroxyl groups is 1. The van der Waals surface area contributed by atoms with Gasteiger partial charge in [0.05, 0.1) is 6.10 Å². The Balaban J connectivity index is 1.69. The third-order valence-electron chi connectivity index (χ3n) is 7.05. The molecule has 3 aliphatic carbocycles. The summed E-state index contributed by atoms with van der Waals surface area (Å²) in [4.78, 5) is 0. The highest BCUT2D eigenvalue weighted by Gasteiger charge is 2.57. The Morgan fingerprint density at radius 3 is 2.86 bits per heavy atom. The van der Waals surface area contributed by atoms with Gasteiger partial charge in [-0.05, 0) is 85.6 Å². The SMILES string of the molecule is CN[C@H]1[C@@H](O)C[C@H]2[C@@H]3CCc4cc(O)ccc4[C@H]3CC[C@@]21C. The zero-order valence-electron chi connectivity index (χ0n) is 13.5. The lowest BCUT2D eigenvalue weighted by Gasteiger charge is -2.50. The van der Waals surface area contributed by atoms with Crippen LogP contribution in [-0.4, -0.2) is 29.4 Å². The molecule has 1 aromatic carbocycles. The van der Waals surface area contributed by atoms with Crippen molar-refractivity contribution in [1.29, 1.82) is 0 Å².